The van der Waals surface area contributed by atoms with E-state index < -0.39 is 42.0 Å². The second-order valence-corrected chi connectivity index (χ2v) is 13.6. The van der Waals surface area contributed by atoms with Crippen LogP contribution in [-0.4, -0.2) is 111 Å². The quantitative estimate of drug-likeness (QED) is 0.248. The monoisotopic (exact) mass is 665 g/mol. The molecule has 256 valence electrons. The molecule has 0 radical (unpaired) electrons. The number of likely N-dealkylation sites (tertiary alicyclic amines) is 1. The number of nitrogens with zero attached hydrogens (tertiary/aromatic N) is 2. The van der Waals surface area contributed by atoms with E-state index in [1.54, 1.807) is 35.4 Å². The topological polar surface area (TPSA) is 159 Å². The van der Waals surface area contributed by atoms with Gasteiger partial charge >= 0.3 is 47.7 Å². The molecule has 1 aliphatic heterocycles. The number of urea groups is 1. The summed E-state index contributed by atoms with van der Waals surface area (Å²) in [6.45, 7) is 11.8. The number of aromatic nitrogens is 1. The van der Waals surface area contributed by atoms with Crippen molar-refractivity contribution < 1.29 is 33.8 Å². The van der Waals surface area contributed by atoms with Gasteiger partial charge in [-0.15, -0.1) is 0 Å². The molecule has 0 aliphatic carbocycles. The van der Waals surface area contributed by atoms with E-state index >= 15 is 0 Å². The number of hydrogen-bond acceptors (Lipinski definition) is 6. The van der Waals surface area contributed by atoms with E-state index in [2.05, 4.69) is 16.0 Å². The number of nitrogens with one attached hydrogen (secondary N) is 3. The Morgan fingerprint density at radius 1 is 0.957 bits per heavy atom. The molecule has 0 spiro atoms. The van der Waals surface area contributed by atoms with E-state index in [0.717, 1.165) is 25.7 Å². The maximum atomic E-state index is 14.0. The summed E-state index contributed by atoms with van der Waals surface area (Å²) in [4.78, 5) is 67.6. The van der Waals surface area contributed by atoms with Gasteiger partial charge in [0, 0.05) is 30.1 Å². The first kappa shape index (κ1) is 40.1. The fourth-order valence-corrected chi connectivity index (χ4v) is 6.17. The third-order valence-corrected chi connectivity index (χ3v) is 8.54. The third-order valence-electron chi connectivity index (χ3n) is 8.54. The first-order valence-electron chi connectivity index (χ1n) is 16.3. The number of unbranched alkanes of at least 4 members (excludes halogenated alkanes) is 1. The van der Waals surface area contributed by atoms with Gasteiger partial charge < -0.3 is 30.7 Å². The van der Waals surface area contributed by atoms with Crippen LogP contribution >= 0.6 is 0 Å². The zero-order valence-corrected chi connectivity index (χ0v) is 28.2. The van der Waals surface area contributed by atoms with E-state index in [1.807, 2.05) is 41.5 Å². The number of carboxylic acids is 1. The summed E-state index contributed by atoms with van der Waals surface area (Å²) in [5.74, 6) is -2.40. The Hall–Kier alpha value is -3.09. The fraction of sp³-hybridized carbons (Fsp3) is 0.618. The number of aliphatic carboxylic acids is 1. The summed E-state index contributed by atoms with van der Waals surface area (Å²) < 4.78 is 6.26. The molecule has 0 unspecified atom stereocenters. The van der Waals surface area contributed by atoms with Crippen LogP contribution < -0.4 is 16.0 Å². The number of methoxy groups -OCH3 is 1. The molecule has 1 aliphatic rings. The van der Waals surface area contributed by atoms with Crippen molar-refractivity contribution in [3.63, 3.8) is 0 Å². The first-order valence-corrected chi connectivity index (χ1v) is 16.3. The molecule has 3 rings (SSSR count). The van der Waals surface area contributed by atoms with Crippen LogP contribution in [0.1, 0.15) is 92.1 Å². The standard InChI is InChI=1S/C34H51N5O7.Na.H/c1-8-9-16-25(31(42)43)35-29(40)26(18-23-20-38(33(45)46-7)28-17-11-10-15-24(23)28)36-30(41)27(19-34(4,5)6)37-32(44)39-21(2)13-12-14-22(39)3;;/h10-11,15,17,20-22,25-27H,8-9,12-14,16,18-19H2,1-7H3,(H,35,40)(H,36,41)(H,37,44)(H,42,43);;/t21-,22+,25-,26-,27+;;/m1../s1. The van der Waals surface area contributed by atoms with Gasteiger partial charge in [-0.3, -0.25) is 14.2 Å². The van der Waals surface area contributed by atoms with Crippen molar-refractivity contribution in [3.8, 4) is 0 Å². The van der Waals surface area contributed by atoms with Crippen molar-refractivity contribution in [3.05, 3.63) is 36.0 Å². The molecule has 0 bridgehead atoms. The molecule has 1 fully saturated rings. The molecule has 13 heteroatoms. The van der Waals surface area contributed by atoms with Gasteiger partial charge in [0.15, 0.2) is 0 Å². The van der Waals surface area contributed by atoms with Crippen LogP contribution in [0.15, 0.2) is 30.5 Å². The predicted molar refractivity (Wildman–Crippen MR) is 183 cm³/mol. The molecule has 1 saturated heterocycles. The summed E-state index contributed by atoms with van der Waals surface area (Å²) in [6.07, 6.45) is 5.53. The summed E-state index contributed by atoms with van der Waals surface area (Å²) in [5, 5.41) is 18.9. The molecule has 2 heterocycles. The number of carboxylic acid groups (broad SMARTS) is 1. The number of carbonyl (C=O) groups excluding carboxylic acids is 4. The first-order chi connectivity index (χ1) is 21.7. The predicted octanol–water partition coefficient (Wildman–Crippen LogP) is 4.17. The van der Waals surface area contributed by atoms with Crippen LogP contribution in [0.3, 0.4) is 0 Å². The number of piperidine rings is 1. The Morgan fingerprint density at radius 2 is 1.55 bits per heavy atom. The van der Waals surface area contributed by atoms with Crippen molar-refractivity contribution in [1.29, 1.82) is 0 Å². The van der Waals surface area contributed by atoms with Crippen molar-refractivity contribution in [2.75, 3.05) is 7.11 Å². The van der Waals surface area contributed by atoms with E-state index in [4.69, 9.17) is 4.74 Å². The number of fused-ring (bicyclic) bond motifs is 1. The van der Waals surface area contributed by atoms with Gasteiger partial charge in [0.1, 0.15) is 18.1 Å². The molecular formula is C34H52N5NaO7. The second-order valence-electron chi connectivity index (χ2n) is 13.6. The minimum absolute atomic E-state index is 0. The molecule has 47 heavy (non-hydrogen) atoms. The molecule has 5 atom stereocenters. The van der Waals surface area contributed by atoms with E-state index in [-0.39, 0.29) is 65.9 Å². The zero-order valence-electron chi connectivity index (χ0n) is 28.2. The molecule has 2 aromatic rings. The summed E-state index contributed by atoms with van der Waals surface area (Å²) in [6, 6.07) is 3.49. The van der Waals surface area contributed by atoms with Crippen molar-refractivity contribution in [1.82, 2.24) is 25.4 Å². The van der Waals surface area contributed by atoms with Crippen molar-refractivity contribution >= 4 is 70.4 Å². The van der Waals surface area contributed by atoms with Crippen LogP contribution in [-0.2, 0) is 25.5 Å². The number of para-hydroxylation sites is 1. The number of rotatable bonds is 12. The summed E-state index contributed by atoms with van der Waals surface area (Å²) in [7, 11) is 1.27. The van der Waals surface area contributed by atoms with Gasteiger partial charge in [-0.1, -0.05) is 58.7 Å². The van der Waals surface area contributed by atoms with Gasteiger partial charge in [-0.25, -0.2) is 14.4 Å². The van der Waals surface area contributed by atoms with E-state index in [0.29, 0.717) is 29.3 Å². The second kappa shape index (κ2) is 17.9. The molecule has 1 aromatic heterocycles. The number of amides is 4. The fourth-order valence-electron chi connectivity index (χ4n) is 6.17. The van der Waals surface area contributed by atoms with E-state index in [1.165, 1.54) is 11.7 Å². The maximum absolute atomic E-state index is 14.0. The Balaban J connectivity index is 0.00000768. The van der Waals surface area contributed by atoms with Crippen molar-refractivity contribution in [2.45, 2.75) is 123 Å². The van der Waals surface area contributed by atoms with Crippen LogP contribution in [0.2, 0.25) is 0 Å². The Kier molecular flexibility index (Phi) is 15.3. The average molecular weight is 666 g/mol. The number of ether oxygens (including phenoxy) is 1. The van der Waals surface area contributed by atoms with Gasteiger partial charge in [0.25, 0.3) is 0 Å². The van der Waals surface area contributed by atoms with Crippen LogP contribution in [0, 0.1) is 5.41 Å². The molecule has 12 nitrogen and oxygen atoms in total. The molecular weight excluding hydrogens is 613 g/mol. The van der Waals surface area contributed by atoms with Crippen LogP contribution in [0.5, 0.6) is 0 Å². The Bertz CT molecular complexity index is 1390. The SMILES string of the molecule is CCCC[C@@H](NC(=O)[C@@H](Cc1cn(C(=O)OC)c2ccccc12)NC(=O)[C@H](CC(C)(C)C)NC(=O)N1[C@H](C)CCC[C@@H]1C)C(=O)O.[NaH]. The number of hydrogen-bond donors (Lipinski definition) is 4. The molecule has 1 aromatic carbocycles. The molecule has 4 amide bonds. The van der Waals surface area contributed by atoms with Gasteiger partial charge in [-0.05, 0) is 63.0 Å². The van der Waals surface area contributed by atoms with Gasteiger partial charge in [0.2, 0.25) is 11.8 Å². The number of carbonyl (C=O) groups is 5. The summed E-state index contributed by atoms with van der Waals surface area (Å²) in [5.41, 5.74) is 0.785. The van der Waals surface area contributed by atoms with E-state index in [9.17, 15) is 29.1 Å². The molecule has 0 saturated carbocycles. The van der Waals surface area contributed by atoms with Crippen LogP contribution in [0.25, 0.3) is 10.9 Å². The Labute approximate surface area is 300 Å². The number of benzene rings is 1. The average Bonchev–Trinajstić information content (AvgIpc) is 3.35. The van der Waals surface area contributed by atoms with Gasteiger partial charge in [0.05, 0.1) is 12.6 Å². The third kappa shape index (κ3) is 11.0. The normalized spacial score (nSPS) is 18.3. The van der Waals surface area contributed by atoms with Crippen LogP contribution in [0.4, 0.5) is 9.59 Å². The van der Waals surface area contributed by atoms with Crippen molar-refractivity contribution in [2.24, 2.45) is 5.41 Å². The van der Waals surface area contributed by atoms with Gasteiger partial charge in [-0.2, -0.15) is 0 Å². The molecule has 4 N–H and O–H groups in total. The minimum atomic E-state index is -1.21. The zero-order chi connectivity index (χ0) is 34.2. The Morgan fingerprint density at radius 3 is 2.13 bits per heavy atom. The summed E-state index contributed by atoms with van der Waals surface area (Å²) >= 11 is 0.